The third-order valence-corrected chi connectivity index (χ3v) is 3.74. The summed E-state index contributed by atoms with van der Waals surface area (Å²) >= 11 is 3.38. The highest BCUT2D eigenvalue weighted by Crippen LogP contribution is 2.32. The van der Waals surface area contributed by atoms with E-state index in [1.165, 1.54) is 7.11 Å². The Morgan fingerprint density at radius 3 is 2.83 bits per heavy atom. The molecule has 1 aromatic carbocycles. The highest BCUT2D eigenvalue weighted by molar-refractivity contribution is 9.10. The number of carbonyl (C=O) groups is 2. The largest absolute Gasteiger partial charge is 0.469 e. The van der Waals surface area contributed by atoms with Crippen molar-refractivity contribution in [1.29, 1.82) is 0 Å². The van der Waals surface area contributed by atoms with Gasteiger partial charge in [0.15, 0.2) is 0 Å². The van der Waals surface area contributed by atoms with E-state index in [1.54, 1.807) is 4.90 Å². The second-order valence-corrected chi connectivity index (χ2v) is 5.23. The molecule has 1 fully saturated rings. The van der Waals surface area contributed by atoms with Crippen LogP contribution >= 0.6 is 15.9 Å². The van der Waals surface area contributed by atoms with Gasteiger partial charge in [0.25, 0.3) is 0 Å². The number of nitrogens with zero attached hydrogens (tertiary/aromatic N) is 1. The fourth-order valence-corrected chi connectivity index (χ4v) is 2.69. The quantitative estimate of drug-likeness (QED) is 0.788. The number of esters is 1. The minimum atomic E-state index is -0.388. The molecule has 18 heavy (non-hydrogen) atoms. The van der Waals surface area contributed by atoms with Crippen LogP contribution in [0.2, 0.25) is 0 Å². The van der Waals surface area contributed by atoms with E-state index >= 15 is 0 Å². The summed E-state index contributed by atoms with van der Waals surface area (Å²) in [4.78, 5) is 25.3. The lowest BCUT2D eigenvalue weighted by Gasteiger charge is -2.24. The van der Waals surface area contributed by atoms with Crippen LogP contribution in [0.25, 0.3) is 0 Å². The van der Waals surface area contributed by atoms with Gasteiger partial charge in [-0.15, -0.1) is 0 Å². The van der Waals surface area contributed by atoms with Gasteiger partial charge in [-0.05, 0) is 25.1 Å². The lowest BCUT2D eigenvalue weighted by atomic mass is 10.0. The summed E-state index contributed by atoms with van der Waals surface area (Å²) in [6.07, 6.45) is 0.209. The van der Waals surface area contributed by atoms with Gasteiger partial charge >= 0.3 is 5.97 Å². The zero-order valence-corrected chi connectivity index (χ0v) is 11.8. The van der Waals surface area contributed by atoms with Crippen LogP contribution < -0.4 is 4.90 Å². The molecule has 96 valence electrons. The number of methoxy groups -OCH3 is 1. The van der Waals surface area contributed by atoms with Gasteiger partial charge in [0.05, 0.1) is 13.0 Å². The van der Waals surface area contributed by atoms with Crippen molar-refractivity contribution in [2.24, 2.45) is 5.92 Å². The summed E-state index contributed by atoms with van der Waals surface area (Å²) in [6, 6.07) is 7.31. The van der Waals surface area contributed by atoms with Crippen molar-refractivity contribution in [3.63, 3.8) is 0 Å². The molecule has 0 N–H and O–H groups in total. The maximum atomic E-state index is 12.0. The Hall–Kier alpha value is -1.36. The minimum Gasteiger partial charge on any atom is -0.469 e. The van der Waals surface area contributed by atoms with Crippen LogP contribution in [0.15, 0.2) is 28.7 Å². The Kier molecular flexibility index (Phi) is 3.71. The van der Waals surface area contributed by atoms with Crippen molar-refractivity contribution in [3.8, 4) is 0 Å². The summed E-state index contributed by atoms with van der Waals surface area (Å²) in [5.74, 6) is -0.758. The van der Waals surface area contributed by atoms with Crippen LogP contribution in [0, 0.1) is 5.92 Å². The molecule has 2 rings (SSSR count). The number of carbonyl (C=O) groups excluding carboxylic acids is 2. The van der Waals surface area contributed by atoms with Crippen LogP contribution in [-0.2, 0) is 14.3 Å². The Labute approximate surface area is 114 Å². The van der Waals surface area contributed by atoms with Crippen LogP contribution in [0.1, 0.15) is 13.3 Å². The van der Waals surface area contributed by atoms with Gasteiger partial charge < -0.3 is 9.64 Å². The van der Waals surface area contributed by atoms with E-state index in [1.807, 2.05) is 31.2 Å². The van der Waals surface area contributed by atoms with Crippen molar-refractivity contribution in [2.75, 3.05) is 12.0 Å². The van der Waals surface area contributed by atoms with E-state index < -0.39 is 0 Å². The van der Waals surface area contributed by atoms with Gasteiger partial charge in [-0.3, -0.25) is 9.59 Å². The highest BCUT2D eigenvalue weighted by Gasteiger charge is 2.42. The number of amides is 1. The number of hydrogen-bond donors (Lipinski definition) is 0. The molecule has 1 amide bonds. The van der Waals surface area contributed by atoms with Gasteiger partial charge in [-0.25, -0.2) is 0 Å². The van der Waals surface area contributed by atoms with E-state index in [0.29, 0.717) is 0 Å². The molecule has 1 saturated heterocycles. The average molecular weight is 312 g/mol. The van der Waals surface area contributed by atoms with E-state index in [2.05, 4.69) is 15.9 Å². The van der Waals surface area contributed by atoms with Crippen molar-refractivity contribution in [3.05, 3.63) is 28.7 Å². The molecule has 0 aliphatic carbocycles. The number of anilines is 1. The average Bonchev–Trinajstić information content (AvgIpc) is 2.64. The summed E-state index contributed by atoms with van der Waals surface area (Å²) in [5.41, 5.74) is 0.799. The molecule has 0 saturated carbocycles. The zero-order chi connectivity index (χ0) is 13.3. The molecule has 1 aliphatic rings. The van der Waals surface area contributed by atoms with Crippen molar-refractivity contribution in [2.45, 2.75) is 19.4 Å². The Bertz CT molecular complexity index is 489. The van der Waals surface area contributed by atoms with Gasteiger partial charge in [-0.1, -0.05) is 22.0 Å². The number of benzene rings is 1. The molecule has 4 nitrogen and oxygen atoms in total. The van der Waals surface area contributed by atoms with Gasteiger partial charge in [0.1, 0.15) is 0 Å². The fraction of sp³-hybridized carbons (Fsp3) is 0.385. The summed E-state index contributed by atoms with van der Waals surface area (Å²) in [5, 5.41) is 0. The highest BCUT2D eigenvalue weighted by atomic mass is 79.9. The molecule has 0 aromatic heterocycles. The molecule has 1 aromatic rings. The first-order valence-corrected chi connectivity index (χ1v) is 6.49. The van der Waals surface area contributed by atoms with Crippen molar-refractivity contribution >= 4 is 33.5 Å². The van der Waals surface area contributed by atoms with Crippen molar-refractivity contribution < 1.29 is 14.3 Å². The predicted molar refractivity (Wildman–Crippen MR) is 71.2 cm³/mol. The second-order valence-electron chi connectivity index (χ2n) is 4.32. The summed E-state index contributed by atoms with van der Waals surface area (Å²) in [7, 11) is 1.35. The van der Waals surface area contributed by atoms with E-state index in [0.717, 1.165) is 10.2 Å². The van der Waals surface area contributed by atoms with E-state index in [-0.39, 0.29) is 30.3 Å². The molecule has 1 heterocycles. The Morgan fingerprint density at radius 2 is 2.22 bits per heavy atom. The Balaban J connectivity index is 2.29. The fourth-order valence-electron chi connectivity index (χ4n) is 2.30. The number of halogens is 1. The lowest BCUT2D eigenvalue weighted by molar-refractivity contribution is -0.146. The molecular weight excluding hydrogens is 298 g/mol. The maximum absolute atomic E-state index is 12.0. The van der Waals surface area contributed by atoms with E-state index in [9.17, 15) is 9.59 Å². The van der Waals surface area contributed by atoms with Gasteiger partial charge in [-0.2, -0.15) is 0 Å². The molecule has 0 radical (unpaired) electrons. The van der Waals surface area contributed by atoms with Crippen LogP contribution in [-0.4, -0.2) is 25.0 Å². The van der Waals surface area contributed by atoms with Gasteiger partial charge in [0.2, 0.25) is 5.91 Å². The lowest BCUT2D eigenvalue weighted by Crippen LogP contribution is -2.35. The third kappa shape index (κ3) is 2.27. The molecule has 0 spiro atoms. The molecule has 2 atom stereocenters. The standard InChI is InChI=1S/C13H14BrNO3/c1-8-11(13(17)18-2)7-12(16)15(8)10-5-3-4-9(14)6-10/h3-6,8,11H,7H2,1-2H3. The van der Waals surface area contributed by atoms with Crippen molar-refractivity contribution in [1.82, 2.24) is 0 Å². The number of hydrogen-bond acceptors (Lipinski definition) is 3. The monoisotopic (exact) mass is 311 g/mol. The predicted octanol–water partition coefficient (Wildman–Crippen LogP) is 2.36. The first-order valence-electron chi connectivity index (χ1n) is 5.70. The second kappa shape index (κ2) is 5.10. The van der Waals surface area contributed by atoms with Crippen LogP contribution in [0.5, 0.6) is 0 Å². The zero-order valence-electron chi connectivity index (χ0n) is 10.2. The van der Waals surface area contributed by atoms with Crippen LogP contribution in [0.4, 0.5) is 5.69 Å². The molecule has 1 aliphatic heterocycles. The molecule has 5 heteroatoms. The first kappa shape index (κ1) is 13.1. The number of rotatable bonds is 2. The molecule has 2 unspecified atom stereocenters. The Morgan fingerprint density at radius 1 is 1.50 bits per heavy atom. The SMILES string of the molecule is COC(=O)C1CC(=O)N(c2cccc(Br)c2)C1C. The maximum Gasteiger partial charge on any atom is 0.311 e. The van der Waals surface area contributed by atoms with Crippen LogP contribution in [0.3, 0.4) is 0 Å². The van der Waals surface area contributed by atoms with E-state index in [4.69, 9.17) is 4.74 Å². The summed E-state index contributed by atoms with van der Waals surface area (Å²) in [6.45, 7) is 1.87. The normalized spacial score (nSPS) is 23.3. The third-order valence-electron chi connectivity index (χ3n) is 3.24. The van der Waals surface area contributed by atoms with Gasteiger partial charge in [0, 0.05) is 22.6 Å². The molecular formula is C13H14BrNO3. The number of ether oxygens (including phenoxy) is 1. The first-order chi connectivity index (χ1) is 8.54. The molecule has 0 bridgehead atoms. The topological polar surface area (TPSA) is 46.6 Å². The summed E-state index contributed by atoms with van der Waals surface area (Å²) < 4.78 is 5.64. The minimum absolute atomic E-state index is 0.0454. The smallest absolute Gasteiger partial charge is 0.311 e.